The number of aromatic nitrogens is 2. The summed E-state index contributed by atoms with van der Waals surface area (Å²) in [7, 11) is 1.69. The van der Waals surface area contributed by atoms with Crippen LogP contribution in [0.15, 0.2) is 17.4 Å². The Balaban J connectivity index is 2.77. The van der Waals surface area contributed by atoms with Crippen molar-refractivity contribution in [2.75, 3.05) is 12.4 Å². The second kappa shape index (κ2) is 3.65. The number of aryl methyl sites for hydroxylation is 1. The van der Waals surface area contributed by atoms with Gasteiger partial charge in [0.05, 0.1) is 12.0 Å². The lowest BCUT2D eigenvalue weighted by Crippen LogP contribution is -2.00. The second-order valence-corrected chi connectivity index (χ2v) is 2.02. The molecule has 4 nitrogen and oxygen atoms in total. The summed E-state index contributed by atoms with van der Waals surface area (Å²) in [6.07, 6.45) is 4.87. The van der Waals surface area contributed by atoms with Crippen LogP contribution in [0.5, 0.6) is 0 Å². The maximum atomic E-state index is 4.05. The van der Waals surface area contributed by atoms with Gasteiger partial charge in [-0.15, -0.1) is 0 Å². The Morgan fingerprint density at radius 3 is 2.82 bits per heavy atom. The van der Waals surface area contributed by atoms with Gasteiger partial charge in [-0.3, -0.25) is 9.98 Å². The van der Waals surface area contributed by atoms with Crippen LogP contribution in [-0.2, 0) is 0 Å². The molecular weight excluding hydrogens is 140 g/mol. The van der Waals surface area contributed by atoms with Gasteiger partial charge in [-0.2, -0.15) is 0 Å². The second-order valence-electron chi connectivity index (χ2n) is 2.02. The lowest BCUT2D eigenvalue weighted by molar-refractivity contribution is 1.12. The van der Waals surface area contributed by atoms with Gasteiger partial charge >= 0.3 is 0 Å². The highest BCUT2D eigenvalue weighted by molar-refractivity contribution is 5.74. The highest BCUT2D eigenvalue weighted by atomic mass is 15.0. The third-order valence-electron chi connectivity index (χ3n) is 1.21. The van der Waals surface area contributed by atoms with Crippen molar-refractivity contribution in [3.8, 4) is 0 Å². The van der Waals surface area contributed by atoms with Crippen molar-refractivity contribution in [2.45, 2.75) is 6.92 Å². The molecule has 1 heterocycles. The van der Waals surface area contributed by atoms with E-state index in [2.05, 4.69) is 20.3 Å². The van der Waals surface area contributed by atoms with Gasteiger partial charge < -0.3 is 5.32 Å². The summed E-state index contributed by atoms with van der Waals surface area (Å²) in [6, 6.07) is 0. The van der Waals surface area contributed by atoms with Crippen LogP contribution < -0.4 is 5.32 Å². The first kappa shape index (κ1) is 7.65. The Kier molecular flexibility index (Phi) is 2.54. The Morgan fingerprint density at radius 1 is 1.45 bits per heavy atom. The molecule has 0 bridgehead atoms. The smallest absolute Gasteiger partial charge is 0.152 e. The van der Waals surface area contributed by atoms with Crippen LogP contribution in [0.3, 0.4) is 0 Å². The maximum Gasteiger partial charge on any atom is 0.152 e. The highest BCUT2D eigenvalue weighted by Crippen LogP contribution is 2.03. The molecule has 0 radical (unpaired) electrons. The van der Waals surface area contributed by atoms with E-state index in [-0.39, 0.29) is 0 Å². The summed E-state index contributed by atoms with van der Waals surface area (Å²) in [6.45, 7) is 1.89. The number of hydrogen-bond donors (Lipinski definition) is 1. The fourth-order valence-corrected chi connectivity index (χ4v) is 0.675. The van der Waals surface area contributed by atoms with Gasteiger partial charge in [-0.1, -0.05) is 0 Å². The van der Waals surface area contributed by atoms with Crippen molar-refractivity contribution in [1.82, 2.24) is 9.97 Å². The van der Waals surface area contributed by atoms with E-state index in [1.807, 2.05) is 6.92 Å². The molecule has 11 heavy (non-hydrogen) atoms. The topological polar surface area (TPSA) is 50.2 Å². The molecule has 0 unspecified atom stereocenters. The van der Waals surface area contributed by atoms with Crippen LogP contribution in [0, 0.1) is 6.92 Å². The lowest BCUT2D eigenvalue weighted by atomic mass is 10.4. The van der Waals surface area contributed by atoms with Crippen LogP contribution in [0.1, 0.15) is 5.69 Å². The Bertz CT molecular complexity index is 256. The highest BCUT2D eigenvalue weighted by Gasteiger charge is 1.94. The molecule has 0 saturated carbocycles. The fraction of sp³-hybridized carbons (Fsp3) is 0.286. The predicted octanol–water partition coefficient (Wildman–Crippen LogP) is 0.855. The number of rotatable bonds is 2. The van der Waals surface area contributed by atoms with Gasteiger partial charge in [0, 0.05) is 19.4 Å². The molecule has 0 aliphatic rings. The Hall–Kier alpha value is -1.45. The first-order valence-corrected chi connectivity index (χ1v) is 3.29. The zero-order valence-corrected chi connectivity index (χ0v) is 6.57. The number of hydrogen-bond acceptors (Lipinski definition) is 3. The lowest BCUT2D eigenvalue weighted by Gasteiger charge is -1.99. The van der Waals surface area contributed by atoms with Crippen molar-refractivity contribution in [2.24, 2.45) is 4.99 Å². The van der Waals surface area contributed by atoms with E-state index in [0.29, 0.717) is 0 Å². The van der Waals surface area contributed by atoms with Crippen molar-refractivity contribution < 1.29 is 0 Å². The Labute approximate surface area is 65.4 Å². The minimum Gasteiger partial charge on any atom is -0.330 e. The van der Waals surface area contributed by atoms with Gasteiger partial charge in [0.1, 0.15) is 0 Å². The zero-order chi connectivity index (χ0) is 8.10. The molecular formula is C7H10N4. The molecule has 0 aliphatic heterocycles. The van der Waals surface area contributed by atoms with Crippen LogP contribution in [0.2, 0.25) is 0 Å². The molecule has 0 spiro atoms. The SMILES string of the molecule is CN=CNc1nccnc1C. The van der Waals surface area contributed by atoms with Crippen molar-refractivity contribution >= 4 is 12.2 Å². The molecule has 4 heteroatoms. The van der Waals surface area contributed by atoms with E-state index >= 15 is 0 Å². The summed E-state index contributed by atoms with van der Waals surface area (Å²) >= 11 is 0. The van der Waals surface area contributed by atoms with E-state index in [1.165, 1.54) is 0 Å². The summed E-state index contributed by atoms with van der Waals surface area (Å²) in [5.74, 6) is 0.748. The fourth-order valence-electron chi connectivity index (χ4n) is 0.675. The predicted molar refractivity (Wildman–Crippen MR) is 44.8 cm³/mol. The third-order valence-corrected chi connectivity index (χ3v) is 1.21. The molecule has 1 aromatic heterocycles. The van der Waals surface area contributed by atoms with Gasteiger partial charge in [0.15, 0.2) is 5.82 Å². The monoisotopic (exact) mass is 150 g/mol. The molecule has 58 valence electrons. The maximum absolute atomic E-state index is 4.05. The van der Waals surface area contributed by atoms with Crippen LogP contribution >= 0.6 is 0 Å². The van der Waals surface area contributed by atoms with Crippen molar-refractivity contribution in [3.05, 3.63) is 18.1 Å². The summed E-state index contributed by atoms with van der Waals surface area (Å²) in [4.78, 5) is 11.9. The molecule has 1 rings (SSSR count). The van der Waals surface area contributed by atoms with Crippen LogP contribution in [0.25, 0.3) is 0 Å². The zero-order valence-electron chi connectivity index (χ0n) is 6.57. The van der Waals surface area contributed by atoms with E-state index in [9.17, 15) is 0 Å². The van der Waals surface area contributed by atoms with E-state index < -0.39 is 0 Å². The van der Waals surface area contributed by atoms with E-state index in [4.69, 9.17) is 0 Å². The number of nitrogens with zero attached hydrogens (tertiary/aromatic N) is 3. The number of anilines is 1. The summed E-state index contributed by atoms with van der Waals surface area (Å²) in [5, 5.41) is 2.90. The normalized spacial score (nSPS) is 10.4. The van der Waals surface area contributed by atoms with Gasteiger partial charge in [-0.05, 0) is 6.92 Å². The molecule has 0 saturated heterocycles. The Morgan fingerprint density at radius 2 is 2.18 bits per heavy atom. The largest absolute Gasteiger partial charge is 0.330 e. The average molecular weight is 150 g/mol. The van der Waals surface area contributed by atoms with E-state index in [1.54, 1.807) is 25.8 Å². The average Bonchev–Trinajstić information content (AvgIpc) is 2.03. The van der Waals surface area contributed by atoms with Crippen LogP contribution in [-0.4, -0.2) is 23.4 Å². The van der Waals surface area contributed by atoms with Crippen molar-refractivity contribution in [1.29, 1.82) is 0 Å². The summed E-state index contributed by atoms with van der Waals surface area (Å²) < 4.78 is 0. The standard InChI is InChI=1S/C7H10N4/c1-6-7(11-5-8-2)10-4-3-9-6/h3-5H,1-2H3,(H,8,10,11). The van der Waals surface area contributed by atoms with Crippen LogP contribution in [0.4, 0.5) is 5.82 Å². The quantitative estimate of drug-likeness (QED) is 0.502. The van der Waals surface area contributed by atoms with Crippen molar-refractivity contribution in [3.63, 3.8) is 0 Å². The first-order chi connectivity index (χ1) is 5.34. The number of nitrogens with one attached hydrogen (secondary N) is 1. The first-order valence-electron chi connectivity index (χ1n) is 3.29. The van der Waals surface area contributed by atoms with Gasteiger partial charge in [0.2, 0.25) is 0 Å². The molecule has 1 aromatic rings. The molecule has 0 amide bonds. The molecule has 0 fully saturated rings. The molecule has 0 atom stereocenters. The molecule has 0 aliphatic carbocycles. The minimum absolute atomic E-state index is 0.748. The van der Waals surface area contributed by atoms with Gasteiger partial charge in [-0.25, -0.2) is 4.98 Å². The summed E-state index contributed by atoms with van der Waals surface area (Å²) in [5.41, 5.74) is 0.868. The minimum atomic E-state index is 0.748. The van der Waals surface area contributed by atoms with E-state index in [0.717, 1.165) is 11.5 Å². The third kappa shape index (κ3) is 2.00. The van der Waals surface area contributed by atoms with Gasteiger partial charge in [0.25, 0.3) is 0 Å². The molecule has 1 N–H and O–H groups in total. The molecule has 0 aromatic carbocycles. The number of aliphatic imine (C=N–C) groups is 1.